The van der Waals surface area contributed by atoms with Gasteiger partial charge < -0.3 is 15.4 Å². The van der Waals surface area contributed by atoms with Crippen LogP contribution in [0.15, 0.2) is 66.9 Å². The predicted molar refractivity (Wildman–Crippen MR) is 99.9 cm³/mol. The summed E-state index contributed by atoms with van der Waals surface area (Å²) < 4.78 is 42.8. The highest BCUT2D eigenvalue weighted by atomic mass is 19.4. The van der Waals surface area contributed by atoms with E-state index >= 15 is 0 Å². The maximum absolute atomic E-state index is 12.6. The molecule has 1 heterocycles. The van der Waals surface area contributed by atoms with Gasteiger partial charge in [0.1, 0.15) is 11.4 Å². The maximum Gasteiger partial charge on any atom is 0.416 e. The Hall–Kier alpha value is -3.55. The van der Waals surface area contributed by atoms with Gasteiger partial charge in [-0.3, -0.25) is 4.79 Å². The number of hydrogen-bond acceptors (Lipinski definition) is 4. The Labute approximate surface area is 159 Å². The molecule has 0 fully saturated rings. The topological polar surface area (TPSA) is 63.2 Å². The first-order valence-corrected chi connectivity index (χ1v) is 8.21. The third kappa shape index (κ3) is 4.79. The number of benzene rings is 2. The van der Waals surface area contributed by atoms with E-state index in [1.165, 1.54) is 24.4 Å². The van der Waals surface area contributed by atoms with Crippen LogP contribution in [0.25, 0.3) is 0 Å². The van der Waals surface area contributed by atoms with Crippen LogP contribution in [0.2, 0.25) is 0 Å². The minimum absolute atomic E-state index is 0.139. The average Bonchev–Trinajstić information content (AvgIpc) is 2.69. The fourth-order valence-electron chi connectivity index (χ4n) is 2.38. The van der Waals surface area contributed by atoms with Crippen LogP contribution in [-0.2, 0) is 6.18 Å². The quantitative estimate of drug-likeness (QED) is 0.639. The number of carbonyl (C=O) groups excluding carboxylic acids is 1. The fraction of sp³-hybridized carbons (Fsp3) is 0.100. The first-order chi connectivity index (χ1) is 13.3. The van der Waals surface area contributed by atoms with Crippen LogP contribution in [0.5, 0.6) is 5.75 Å². The number of nitrogens with one attached hydrogen (secondary N) is 2. The number of pyridine rings is 1. The number of carbonyl (C=O) groups is 1. The Balaban J connectivity index is 1.63. The second-order valence-corrected chi connectivity index (χ2v) is 5.81. The molecule has 3 rings (SSSR count). The van der Waals surface area contributed by atoms with Crippen molar-refractivity contribution in [2.45, 2.75) is 6.18 Å². The highest BCUT2D eigenvalue weighted by molar-refractivity contribution is 6.02. The normalized spacial score (nSPS) is 11.0. The van der Waals surface area contributed by atoms with Gasteiger partial charge >= 0.3 is 6.18 Å². The molecule has 5 nitrogen and oxygen atoms in total. The number of aromatic nitrogens is 1. The van der Waals surface area contributed by atoms with Crippen molar-refractivity contribution in [3.05, 3.63) is 78.1 Å². The molecule has 8 heteroatoms. The molecule has 1 amide bonds. The Morgan fingerprint density at radius 3 is 2.04 bits per heavy atom. The largest absolute Gasteiger partial charge is 0.497 e. The van der Waals surface area contributed by atoms with Crippen molar-refractivity contribution in [1.82, 2.24) is 4.98 Å². The Bertz CT molecular complexity index is 938. The van der Waals surface area contributed by atoms with Gasteiger partial charge in [-0.25, -0.2) is 4.98 Å². The fourth-order valence-corrected chi connectivity index (χ4v) is 2.38. The van der Waals surface area contributed by atoms with Crippen LogP contribution >= 0.6 is 0 Å². The van der Waals surface area contributed by atoms with Gasteiger partial charge in [-0.15, -0.1) is 0 Å². The molecular weight excluding hydrogens is 371 g/mol. The van der Waals surface area contributed by atoms with Crippen molar-refractivity contribution in [2.75, 3.05) is 17.7 Å². The number of methoxy groups -OCH3 is 1. The lowest BCUT2D eigenvalue weighted by Crippen LogP contribution is -2.14. The van der Waals surface area contributed by atoms with Crippen molar-refractivity contribution < 1.29 is 22.7 Å². The lowest BCUT2D eigenvalue weighted by atomic mass is 10.2. The molecule has 0 atom stereocenters. The first-order valence-electron chi connectivity index (χ1n) is 8.21. The van der Waals surface area contributed by atoms with Crippen LogP contribution in [0.4, 0.5) is 30.2 Å². The summed E-state index contributed by atoms with van der Waals surface area (Å²) in [5.74, 6) is 0.217. The molecule has 0 aliphatic rings. The lowest BCUT2D eigenvalue weighted by molar-refractivity contribution is -0.137. The van der Waals surface area contributed by atoms with E-state index in [0.717, 1.165) is 23.6 Å². The number of ether oxygens (including phenoxy) is 1. The number of amides is 1. The number of rotatable bonds is 5. The third-order valence-corrected chi connectivity index (χ3v) is 3.84. The molecule has 0 spiro atoms. The Morgan fingerprint density at radius 1 is 0.893 bits per heavy atom. The molecule has 0 bridgehead atoms. The third-order valence-electron chi connectivity index (χ3n) is 3.84. The molecular formula is C20H16F3N3O2. The molecule has 2 aromatic carbocycles. The zero-order valence-electron chi connectivity index (χ0n) is 14.7. The van der Waals surface area contributed by atoms with E-state index in [9.17, 15) is 18.0 Å². The molecule has 144 valence electrons. The van der Waals surface area contributed by atoms with Gasteiger partial charge in [-0.1, -0.05) is 0 Å². The summed E-state index contributed by atoms with van der Waals surface area (Å²) >= 11 is 0. The van der Waals surface area contributed by atoms with Crippen molar-refractivity contribution >= 4 is 23.0 Å². The van der Waals surface area contributed by atoms with Crippen LogP contribution in [0, 0.1) is 0 Å². The number of nitrogens with zero attached hydrogens (tertiary/aromatic N) is 1. The van der Waals surface area contributed by atoms with Gasteiger partial charge in [0, 0.05) is 11.4 Å². The second kappa shape index (κ2) is 7.99. The van der Waals surface area contributed by atoms with E-state index in [2.05, 4.69) is 15.6 Å². The van der Waals surface area contributed by atoms with Gasteiger partial charge in [-0.05, 0) is 60.7 Å². The molecule has 0 saturated heterocycles. The van der Waals surface area contributed by atoms with Crippen LogP contribution in [0.1, 0.15) is 16.1 Å². The minimum atomic E-state index is -4.42. The van der Waals surface area contributed by atoms with Gasteiger partial charge in [0.25, 0.3) is 5.91 Å². The van der Waals surface area contributed by atoms with E-state index in [1.807, 2.05) is 24.3 Å². The molecule has 3 aromatic rings. The monoisotopic (exact) mass is 387 g/mol. The molecule has 0 radical (unpaired) electrons. The number of alkyl halides is 3. The molecule has 1 aromatic heterocycles. The van der Waals surface area contributed by atoms with E-state index in [0.29, 0.717) is 5.69 Å². The molecule has 2 N–H and O–H groups in total. The minimum Gasteiger partial charge on any atom is -0.497 e. The summed E-state index contributed by atoms with van der Waals surface area (Å²) in [6, 6.07) is 14.7. The zero-order valence-corrected chi connectivity index (χ0v) is 14.7. The standard InChI is InChI=1S/C20H16F3N3O2/c1-28-17-9-6-14(7-10-17)25-16-8-11-18(24-12-16)19(27)26-15-4-2-13(3-5-15)20(21,22)23/h2-12,25H,1H3,(H,26,27). The smallest absolute Gasteiger partial charge is 0.416 e. The van der Waals surface area contributed by atoms with Crippen LogP contribution < -0.4 is 15.4 Å². The summed E-state index contributed by atoms with van der Waals surface area (Å²) in [4.78, 5) is 16.3. The predicted octanol–water partition coefficient (Wildman–Crippen LogP) is 5.10. The highest BCUT2D eigenvalue weighted by Gasteiger charge is 2.30. The Kier molecular flexibility index (Phi) is 5.49. The summed E-state index contributed by atoms with van der Waals surface area (Å²) in [6.45, 7) is 0. The van der Waals surface area contributed by atoms with E-state index in [-0.39, 0.29) is 11.4 Å². The summed E-state index contributed by atoms with van der Waals surface area (Å²) in [7, 11) is 1.58. The first kappa shape index (κ1) is 19.2. The Morgan fingerprint density at radius 2 is 1.50 bits per heavy atom. The molecule has 0 aliphatic heterocycles. The zero-order chi connectivity index (χ0) is 20.1. The van der Waals surface area contributed by atoms with E-state index in [4.69, 9.17) is 4.74 Å². The van der Waals surface area contributed by atoms with E-state index < -0.39 is 17.6 Å². The second-order valence-electron chi connectivity index (χ2n) is 5.81. The van der Waals surface area contributed by atoms with Gasteiger partial charge in [0.15, 0.2) is 0 Å². The van der Waals surface area contributed by atoms with Crippen LogP contribution in [-0.4, -0.2) is 18.0 Å². The van der Waals surface area contributed by atoms with Crippen molar-refractivity contribution in [1.29, 1.82) is 0 Å². The molecule has 0 saturated carbocycles. The molecule has 0 aliphatic carbocycles. The van der Waals surface area contributed by atoms with Gasteiger partial charge in [0.2, 0.25) is 0 Å². The van der Waals surface area contributed by atoms with Gasteiger partial charge in [0.05, 0.1) is 24.6 Å². The summed E-state index contributed by atoms with van der Waals surface area (Å²) in [6.07, 6.45) is -2.93. The van der Waals surface area contributed by atoms with Crippen molar-refractivity contribution in [3.63, 3.8) is 0 Å². The average molecular weight is 387 g/mol. The number of hydrogen-bond donors (Lipinski definition) is 2. The number of halogens is 3. The summed E-state index contributed by atoms with van der Waals surface area (Å²) in [5.41, 5.74) is 1.11. The van der Waals surface area contributed by atoms with Crippen LogP contribution in [0.3, 0.4) is 0 Å². The highest BCUT2D eigenvalue weighted by Crippen LogP contribution is 2.29. The molecule has 0 unspecified atom stereocenters. The van der Waals surface area contributed by atoms with E-state index in [1.54, 1.807) is 13.2 Å². The van der Waals surface area contributed by atoms with Crippen molar-refractivity contribution in [2.24, 2.45) is 0 Å². The SMILES string of the molecule is COc1ccc(Nc2ccc(C(=O)Nc3ccc(C(F)(F)F)cc3)nc2)cc1. The lowest BCUT2D eigenvalue weighted by Gasteiger charge is -2.09. The molecule has 28 heavy (non-hydrogen) atoms. The van der Waals surface area contributed by atoms with Crippen molar-refractivity contribution in [3.8, 4) is 5.75 Å². The summed E-state index contributed by atoms with van der Waals surface area (Å²) in [5, 5.41) is 5.65. The van der Waals surface area contributed by atoms with Gasteiger partial charge in [-0.2, -0.15) is 13.2 Å². The maximum atomic E-state index is 12.6. The number of anilines is 3.